The van der Waals surface area contributed by atoms with Gasteiger partial charge in [0.2, 0.25) is 0 Å². The van der Waals surface area contributed by atoms with Crippen LogP contribution in [0.4, 0.5) is 11.4 Å². The van der Waals surface area contributed by atoms with Gasteiger partial charge in [-0.15, -0.1) is 0 Å². The van der Waals surface area contributed by atoms with Crippen LogP contribution in [0.1, 0.15) is 21.5 Å². The van der Waals surface area contributed by atoms with Crippen LogP contribution in [0.5, 0.6) is 0 Å². The second-order valence-electron chi connectivity index (χ2n) is 5.45. The Morgan fingerprint density at radius 2 is 1.80 bits per heavy atom. The monoisotopic (exact) mass is 342 g/mol. The van der Waals surface area contributed by atoms with Crippen molar-refractivity contribution in [3.05, 3.63) is 69.3 Å². The predicted octanol–water partition coefficient (Wildman–Crippen LogP) is 2.08. The standard InChI is InChI=1S/C17H18N4O4/c1-11-7-8-14(12(2)9-11)18-10-16(22)19-20-17(23)13-5-3-4-6-15(13)21(24)25/h3-9,18H,10H2,1-2H3,(H,19,22)(H,20,23). The number of nitrogens with one attached hydrogen (secondary N) is 3. The summed E-state index contributed by atoms with van der Waals surface area (Å²) in [5.74, 6) is -1.24. The number of anilines is 1. The zero-order valence-electron chi connectivity index (χ0n) is 13.8. The van der Waals surface area contributed by atoms with Gasteiger partial charge in [0.15, 0.2) is 0 Å². The lowest BCUT2D eigenvalue weighted by Gasteiger charge is -2.11. The van der Waals surface area contributed by atoms with Gasteiger partial charge in [-0.25, -0.2) is 0 Å². The number of aryl methyl sites for hydroxylation is 2. The van der Waals surface area contributed by atoms with Crippen LogP contribution in [0.25, 0.3) is 0 Å². The Bertz CT molecular complexity index is 820. The summed E-state index contributed by atoms with van der Waals surface area (Å²) in [5.41, 5.74) is 6.86. The molecule has 0 atom stereocenters. The molecule has 0 aliphatic carbocycles. The number of carbonyl (C=O) groups excluding carboxylic acids is 2. The molecule has 0 saturated heterocycles. The maximum Gasteiger partial charge on any atom is 0.282 e. The van der Waals surface area contributed by atoms with Gasteiger partial charge < -0.3 is 5.32 Å². The summed E-state index contributed by atoms with van der Waals surface area (Å²) >= 11 is 0. The molecule has 2 aromatic rings. The molecule has 0 spiro atoms. The van der Waals surface area contributed by atoms with Crippen LogP contribution in [0, 0.1) is 24.0 Å². The Labute approximate surface area is 144 Å². The van der Waals surface area contributed by atoms with E-state index in [0.717, 1.165) is 16.8 Å². The van der Waals surface area contributed by atoms with Crippen LogP contribution >= 0.6 is 0 Å². The van der Waals surface area contributed by atoms with E-state index in [2.05, 4.69) is 16.2 Å². The van der Waals surface area contributed by atoms with Crippen molar-refractivity contribution in [2.24, 2.45) is 0 Å². The first-order chi connectivity index (χ1) is 11.9. The molecule has 0 aliphatic heterocycles. The van der Waals surface area contributed by atoms with Crippen LogP contribution in [0.3, 0.4) is 0 Å². The highest BCUT2D eigenvalue weighted by molar-refractivity contribution is 5.99. The van der Waals surface area contributed by atoms with E-state index < -0.39 is 16.7 Å². The van der Waals surface area contributed by atoms with E-state index >= 15 is 0 Å². The number of rotatable bonds is 5. The molecular weight excluding hydrogens is 324 g/mol. The van der Waals surface area contributed by atoms with Gasteiger partial charge in [0.05, 0.1) is 11.5 Å². The van der Waals surface area contributed by atoms with Gasteiger partial charge in [0, 0.05) is 11.8 Å². The summed E-state index contributed by atoms with van der Waals surface area (Å²) in [4.78, 5) is 34.1. The van der Waals surface area contributed by atoms with E-state index in [-0.39, 0.29) is 17.8 Å². The molecule has 0 radical (unpaired) electrons. The molecule has 25 heavy (non-hydrogen) atoms. The molecule has 8 heteroatoms. The minimum absolute atomic E-state index is 0.0545. The van der Waals surface area contributed by atoms with Crippen LogP contribution < -0.4 is 16.2 Å². The van der Waals surface area contributed by atoms with Crippen molar-refractivity contribution in [1.82, 2.24) is 10.9 Å². The normalized spacial score (nSPS) is 10.0. The number of para-hydroxylation sites is 1. The third kappa shape index (κ3) is 4.77. The van der Waals surface area contributed by atoms with E-state index in [4.69, 9.17) is 0 Å². The first kappa shape index (κ1) is 17.9. The number of nitro benzene ring substituents is 1. The molecule has 2 amide bonds. The van der Waals surface area contributed by atoms with Crippen molar-refractivity contribution in [2.45, 2.75) is 13.8 Å². The van der Waals surface area contributed by atoms with E-state index in [0.29, 0.717) is 0 Å². The third-order valence-corrected chi connectivity index (χ3v) is 3.48. The SMILES string of the molecule is Cc1ccc(NCC(=O)NNC(=O)c2ccccc2[N+](=O)[O-])c(C)c1. The fourth-order valence-electron chi connectivity index (χ4n) is 2.25. The molecule has 0 bridgehead atoms. The smallest absolute Gasteiger partial charge is 0.282 e. The van der Waals surface area contributed by atoms with Crippen LogP contribution in [0.2, 0.25) is 0 Å². The molecule has 8 nitrogen and oxygen atoms in total. The second-order valence-corrected chi connectivity index (χ2v) is 5.45. The zero-order valence-corrected chi connectivity index (χ0v) is 13.8. The van der Waals surface area contributed by atoms with Gasteiger partial charge >= 0.3 is 0 Å². The number of carbonyl (C=O) groups is 2. The summed E-state index contributed by atoms with van der Waals surface area (Å²) in [7, 11) is 0. The molecule has 2 rings (SSSR count). The fraction of sp³-hybridized carbons (Fsp3) is 0.176. The van der Waals surface area contributed by atoms with Crippen LogP contribution in [0.15, 0.2) is 42.5 Å². The van der Waals surface area contributed by atoms with Crippen molar-refractivity contribution >= 4 is 23.2 Å². The second kappa shape index (κ2) is 7.91. The number of hydrogen-bond acceptors (Lipinski definition) is 5. The average molecular weight is 342 g/mol. The Hall–Kier alpha value is -3.42. The number of nitro groups is 1. The van der Waals surface area contributed by atoms with E-state index in [1.165, 1.54) is 24.3 Å². The van der Waals surface area contributed by atoms with Crippen LogP contribution in [-0.4, -0.2) is 23.3 Å². The molecule has 0 saturated carbocycles. The Morgan fingerprint density at radius 1 is 1.08 bits per heavy atom. The molecule has 0 unspecified atom stereocenters. The third-order valence-electron chi connectivity index (χ3n) is 3.48. The largest absolute Gasteiger partial charge is 0.376 e. The lowest BCUT2D eigenvalue weighted by atomic mass is 10.1. The van der Waals surface area contributed by atoms with Crippen molar-refractivity contribution in [3.63, 3.8) is 0 Å². The molecule has 0 aromatic heterocycles. The maximum atomic E-state index is 12.0. The number of hydrazine groups is 1. The summed E-state index contributed by atoms with van der Waals surface area (Å²) in [6.07, 6.45) is 0. The highest BCUT2D eigenvalue weighted by Crippen LogP contribution is 2.17. The van der Waals surface area contributed by atoms with E-state index in [1.54, 1.807) is 0 Å². The molecule has 130 valence electrons. The first-order valence-corrected chi connectivity index (χ1v) is 7.52. The molecule has 0 fully saturated rings. The van der Waals surface area contributed by atoms with Gasteiger partial charge in [-0.1, -0.05) is 29.8 Å². The number of amides is 2. The van der Waals surface area contributed by atoms with Crippen molar-refractivity contribution in [3.8, 4) is 0 Å². The topological polar surface area (TPSA) is 113 Å². The highest BCUT2D eigenvalue weighted by atomic mass is 16.6. The molecule has 3 N–H and O–H groups in total. The molecule has 0 heterocycles. The van der Waals surface area contributed by atoms with Crippen molar-refractivity contribution < 1.29 is 14.5 Å². The van der Waals surface area contributed by atoms with Gasteiger partial charge in [0.1, 0.15) is 5.56 Å². The maximum absolute atomic E-state index is 12.0. The van der Waals surface area contributed by atoms with E-state index in [1.807, 2.05) is 32.0 Å². The quantitative estimate of drug-likeness (QED) is 0.569. The first-order valence-electron chi connectivity index (χ1n) is 7.52. The summed E-state index contributed by atoms with van der Waals surface area (Å²) in [5, 5.41) is 13.9. The number of hydrogen-bond donors (Lipinski definition) is 3. The van der Waals surface area contributed by atoms with Crippen molar-refractivity contribution in [2.75, 3.05) is 11.9 Å². The highest BCUT2D eigenvalue weighted by Gasteiger charge is 2.19. The van der Waals surface area contributed by atoms with Gasteiger partial charge in [-0.3, -0.25) is 30.6 Å². The molecule has 0 aliphatic rings. The zero-order chi connectivity index (χ0) is 18.4. The Kier molecular flexibility index (Phi) is 5.67. The lowest BCUT2D eigenvalue weighted by Crippen LogP contribution is -2.44. The van der Waals surface area contributed by atoms with E-state index in [9.17, 15) is 19.7 Å². The Balaban J connectivity index is 1.90. The molecule has 2 aromatic carbocycles. The lowest BCUT2D eigenvalue weighted by molar-refractivity contribution is -0.385. The van der Waals surface area contributed by atoms with Gasteiger partial charge in [0.25, 0.3) is 17.5 Å². The minimum atomic E-state index is -0.757. The summed E-state index contributed by atoms with van der Waals surface area (Å²) in [6.45, 7) is 3.84. The van der Waals surface area contributed by atoms with Gasteiger partial charge in [-0.2, -0.15) is 0 Å². The van der Waals surface area contributed by atoms with Crippen LogP contribution in [-0.2, 0) is 4.79 Å². The minimum Gasteiger partial charge on any atom is -0.376 e. The van der Waals surface area contributed by atoms with Gasteiger partial charge in [-0.05, 0) is 31.5 Å². The average Bonchev–Trinajstić information content (AvgIpc) is 2.58. The molecular formula is C17H18N4O4. The summed E-state index contributed by atoms with van der Waals surface area (Å²) in [6, 6.07) is 11.3. The Morgan fingerprint density at radius 3 is 2.48 bits per heavy atom. The van der Waals surface area contributed by atoms with Crippen molar-refractivity contribution in [1.29, 1.82) is 0 Å². The fourth-order valence-corrected chi connectivity index (χ4v) is 2.25. The number of nitrogens with zero attached hydrogens (tertiary/aromatic N) is 1. The number of benzene rings is 2. The predicted molar refractivity (Wildman–Crippen MR) is 93.1 cm³/mol. The summed E-state index contributed by atoms with van der Waals surface area (Å²) < 4.78 is 0.